The molecule has 0 amide bonds. The highest BCUT2D eigenvalue weighted by atomic mass is 16.5. The van der Waals surface area contributed by atoms with Crippen molar-refractivity contribution in [2.24, 2.45) is 0 Å². The minimum absolute atomic E-state index is 0.708. The zero-order chi connectivity index (χ0) is 14.8. The smallest absolute Gasteiger partial charge is 0.123 e. The summed E-state index contributed by atoms with van der Waals surface area (Å²) in [5.41, 5.74) is 1.08. The second-order valence-corrected chi connectivity index (χ2v) is 4.77. The van der Waals surface area contributed by atoms with Crippen LogP contribution in [0.15, 0.2) is 18.2 Å². The lowest BCUT2D eigenvalue weighted by Crippen LogP contribution is -2.23. The molecule has 20 heavy (non-hydrogen) atoms. The van der Waals surface area contributed by atoms with Gasteiger partial charge in [0.2, 0.25) is 0 Å². The molecule has 0 aromatic heterocycles. The third-order valence-corrected chi connectivity index (χ3v) is 2.91. The Balaban J connectivity index is 2.27. The molecule has 1 aromatic carbocycles. The molecule has 0 radical (unpaired) electrons. The molecule has 0 saturated carbocycles. The van der Waals surface area contributed by atoms with Crippen LogP contribution < -0.4 is 14.8 Å². The first-order chi connectivity index (χ1) is 9.67. The summed E-state index contributed by atoms with van der Waals surface area (Å²) < 4.78 is 16.1. The Labute approximate surface area is 121 Å². The number of ether oxygens (including phenoxy) is 3. The summed E-state index contributed by atoms with van der Waals surface area (Å²) >= 11 is 0. The van der Waals surface area contributed by atoms with Crippen LogP contribution in [0.25, 0.3) is 0 Å². The number of rotatable bonds is 10. The van der Waals surface area contributed by atoms with Gasteiger partial charge in [0.1, 0.15) is 11.5 Å². The number of benzene rings is 1. The quantitative estimate of drug-likeness (QED) is 0.657. The maximum atomic E-state index is 5.52. The predicted molar refractivity (Wildman–Crippen MR) is 80.6 cm³/mol. The molecule has 0 unspecified atom stereocenters. The molecule has 0 atom stereocenters. The molecule has 0 bridgehead atoms. The number of hydrogen-bond acceptors (Lipinski definition) is 5. The molecule has 1 N–H and O–H groups in total. The highest BCUT2D eigenvalue weighted by molar-refractivity contribution is 5.40. The van der Waals surface area contributed by atoms with E-state index >= 15 is 0 Å². The van der Waals surface area contributed by atoms with E-state index in [1.807, 2.05) is 32.3 Å². The van der Waals surface area contributed by atoms with E-state index in [1.165, 1.54) is 0 Å². The molecule has 0 aliphatic rings. The van der Waals surface area contributed by atoms with Crippen molar-refractivity contribution >= 4 is 0 Å². The SMILES string of the molecule is COc1ccc(OC)c(CNCCOCCN(C)C)c1. The Morgan fingerprint density at radius 1 is 1.10 bits per heavy atom. The average molecular weight is 282 g/mol. The number of methoxy groups -OCH3 is 2. The van der Waals surface area contributed by atoms with Crippen molar-refractivity contribution in [2.75, 3.05) is 54.6 Å². The van der Waals surface area contributed by atoms with Crippen molar-refractivity contribution in [3.63, 3.8) is 0 Å². The van der Waals surface area contributed by atoms with E-state index in [9.17, 15) is 0 Å². The van der Waals surface area contributed by atoms with Gasteiger partial charge in [0.15, 0.2) is 0 Å². The lowest BCUT2D eigenvalue weighted by Gasteiger charge is -2.12. The Morgan fingerprint density at radius 3 is 2.55 bits per heavy atom. The molecule has 1 rings (SSSR count). The minimum Gasteiger partial charge on any atom is -0.497 e. The Morgan fingerprint density at radius 2 is 1.90 bits per heavy atom. The van der Waals surface area contributed by atoms with Gasteiger partial charge in [-0.15, -0.1) is 0 Å². The van der Waals surface area contributed by atoms with Crippen molar-refractivity contribution in [3.8, 4) is 11.5 Å². The third kappa shape index (κ3) is 6.23. The summed E-state index contributed by atoms with van der Waals surface area (Å²) in [6, 6.07) is 5.80. The maximum Gasteiger partial charge on any atom is 0.123 e. The van der Waals surface area contributed by atoms with Gasteiger partial charge in [-0.1, -0.05) is 0 Å². The monoisotopic (exact) mass is 282 g/mol. The molecule has 0 heterocycles. The summed E-state index contributed by atoms with van der Waals surface area (Å²) in [6.45, 7) is 3.96. The van der Waals surface area contributed by atoms with Crippen LogP contribution in [0.1, 0.15) is 5.56 Å². The number of likely N-dealkylation sites (N-methyl/N-ethyl adjacent to an activating group) is 1. The molecule has 0 saturated heterocycles. The summed E-state index contributed by atoms with van der Waals surface area (Å²) in [4.78, 5) is 2.11. The van der Waals surface area contributed by atoms with Crippen LogP contribution in [-0.2, 0) is 11.3 Å². The molecule has 5 nitrogen and oxygen atoms in total. The van der Waals surface area contributed by atoms with E-state index in [4.69, 9.17) is 14.2 Å². The van der Waals surface area contributed by atoms with E-state index in [0.717, 1.165) is 43.3 Å². The Hall–Kier alpha value is -1.30. The van der Waals surface area contributed by atoms with E-state index < -0.39 is 0 Å². The van der Waals surface area contributed by atoms with Gasteiger partial charge in [-0.3, -0.25) is 0 Å². The van der Waals surface area contributed by atoms with Crippen LogP contribution in [0.2, 0.25) is 0 Å². The fourth-order valence-electron chi connectivity index (χ4n) is 1.74. The zero-order valence-electron chi connectivity index (χ0n) is 12.9. The molecule has 5 heteroatoms. The van der Waals surface area contributed by atoms with Crippen LogP contribution in [-0.4, -0.2) is 59.5 Å². The molecule has 0 aliphatic heterocycles. The number of nitrogens with one attached hydrogen (secondary N) is 1. The van der Waals surface area contributed by atoms with Crippen LogP contribution in [0.3, 0.4) is 0 Å². The Bertz CT molecular complexity index is 383. The minimum atomic E-state index is 0.708. The summed E-state index contributed by atoms with van der Waals surface area (Å²) in [5.74, 6) is 1.71. The first-order valence-corrected chi connectivity index (χ1v) is 6.81. The highest BCUT2D eigenvalue weighted by Crippen LogP contribution is 2.23. The van der Waals surface area contributed by atoms with Crippen molar-refractivity contribution in [2.45, 2.75) is 6.54 Å². The van der Waals surface area contributed by atoms with Gasteiger partial charge in [-0.25, -0.2) is 0 Å². The van der Waals surface area contributed by atoms with E-state index in [1.54, 1.807) is 14.2 Å². The van der Waals surface area contributed by atoms with Gasteiger partial charge in [0, 0.05) is 25.2 Å². The lowest BCUT2D eigenvalue weighted by molar-refractivity contribution is 0.119. The van der Waals surface area contributed by atoms with Gasteiger partial charge < -0.3 is 24.4 Å². The highest BCUT2D eigenvalue weighted by Gasteiger charge is 2.04. The van der Waals surface area contributed by atoms with Crippen LogP contribution in [0.5, 0.6) is 11.5 Å². The van der Waals surface area contributed by atoms with Crippen molar-refractivity contribution < 1.29 is 14.2 Å². The molecule has 1 aromatic rings. The summed E-state index contributed by atoms with van der Waals surface area (Å²) in [7, 11) is 7.42. The fourth-order valence-corrected chi connectivity index (χ4v) is 1.74. The number of hydrogen-bond donors (Lipinski definition) is 1. The predicted octanol–water partition coefficient (Wildman–Crippen LogP) is 1.37. The van der Waals surface area contributed by atoms with Gasteiger partial charge >= 0.3 is 0 Å². The standard InChI is InChI=1S/C15H26N2O3/c1-17(2)8-10-20-9-7-16-12-13-11-14(18-3)5-6-15(13)19-4/h5-6,11,16H,7-10,12H2,1-4H3. The van der Waals surface area contributed by atoms with Crippen molar-refractivity contribution in [1.29, 1.82) is 0 Å². The second-order valence-electron chi connectivity index (χ2n) is 4.77. The van der Waals surface area contributed by atoms with E-state index in [0.29, 0.717) is 6.61 Å². The number of nitrogens with zero attached hydrogens (tertiary/aromatic N) is 1. The van der Waals surface area contributed by atoms with Crippen LogP contribution in [0, 0.1) is 0 Å². The normalized spacial score (nSPS) is 10.8. The maximum absolute atomic E-state index is 5.52. The molecule has 0 spiro atoms. The second kappa shape index (κ2) is 9.58. The van der Waals surface area contributed by atoms with Crippen molar-refractivity contribution in [3.05, 3.63) is 23.8 Å². The Kier molecular flexibility index (Phi) is 8.02. The van der Waals surface area contributed by atoms with Gasteiger partial charge in [0.05, 0.1) is 27.4 Å². The van der Waals surface area contributed by atoms with E-state index in [-0.39, 0.29) is 0 Å². The third-order valence-electron chi connectivity index (χ3n) is 2.91. The summed E-state index contributed by atoms with van der Waals surface area (Å²) in [5, 5.41) is 3.34. The fraction of sp³-hybridized carbons (Fsp3) is 0.600. The van der Waals surface area contributed by atoms with Crippen LogP contribution >= 0.6 is 0 Å². The molecule has 0 fully saturated rings. The van der Waals surface area contributed by atoms with Gasteiger partial charge in [-0.05, 0) is 32.3 Å². The largest absolute Gasteiger partial charge is 0.497 e. The molecular formula is C15H26N2O3. The first-order valence-electron chi connectivity index (χ1n) is 6.81. The van der Waals surface area contributed by atoms with E-state index in [2.05, 4.69) is 10.2 Å². The van der Waals surface area contributed by atoms with Gasteiger partial charge in [-0.2, -0.15) is 0 Å². The lowest BCUT2D eigenvalue weighted by atomic mass is 10.2. The molecule has 0 aliphatic carbocycles. The first kappa shape index (κ1) is 16.8. The molecule has 114 valence electrons. The topological polar surface area (TPSA) is 43.0 Å². The van der Waals surface area contributed by atoms with Gasteiger partial charge in [0.25, 0.3) is 0 Å². The van der Waals surface area contributed by atoms with Crippen LogP contribution in [0.4, 0.5) is 0 Å². The molecular weight excluding hydrogens is 256 g/mol. The average Bonchev–Trinajstić information content (AvgIpc) is 2.45. The summed E-state index contributed by atoms with van der Waals surface area (Å²) in [6.07, 6.45) is 0. The van der Waals surface area contributed by atoms with Crippen molar-refractivity contribution in [1.82, 2.24) is 10.2 Å². The zero-order valence-corrected chi connectivity index (χ0v) is 12.9.